The van der Waals surface area contributed by atoms with Gasteiger partial charge in [0.2, 0.25) is 30.7 Å². The topological polar surface area (TPSA) is 248 Å². The molecule has 2 aromatic carbocycles. The average Bonchev–Trinajstić information content (AvgIpc) is 3.29. The Morgan fingerprint density at radius 2 is 1.03 bits per heavy atom. The van der Waals surface area contributed by atoms with E-state index in [9.17, 15) is 29.1 Å². The van der Waals surface area contributed by atoms with Crippen LogP contribution in [0, 0.1) is 32.5 Å². The van der Waals surface area contributed by atoms with Crippen LogP contribution in [-0.2, 0) is 19.2 Å². The number of benzene rings is 2. The fourth-order valence-corrected chi connectivity index (χ4v) is 12.3. The Labute approximate surface area is 416 Å². The van der Waals surface area contributed by atoms with Gasteiger partial charge >= 0.3 is 29.1 Å². The number of aliphatic imine (C=N–C) groups is 4. The number of urea groups is 2. The molecule has 0 bridgehead atoms. The number of hydrogen-bond acceptors (Lipinski definition) is 14. The van der Waals surface area contributed by atoms with Gasteiger partial charge in [-0.25, -0.2) is 86.5 Å². The highest BCUT2D eigenvalue weighted by atomic mass is 16.3. The Balaban J connectivity index is 1.46. The van der Waals surface area contributed by atoms with Gasteiger partial charge in [0, 0.05) is 18.1 Å². The van der Waals surface area contributed by atoms with Gasteiger partial charge in [-0.3, -0.25) is 0 Å². The molecule has 7 rings (SSSR count). The van der Waals surface area contributed by atoms with Crippen molar-refractivity contribution in [1.29, 1.82) is 0 Å². The first-order valence-electron chi connectivity index (χ1n) is 24.3. The predicted octanol–water partition coefficient (Wildman–Crippen LogP) is 7.38. The lowest BCUT2D eigenvalue weighted by molar-refractivity contribution is 0.0227. The second-order valence-corrected chi connectivity index (χ2v) is 23.7. The zero-order valence-electron chi connectivity index (χ0n) is 42.5. The number of aliphatic hydroxyl groups excluding tert-OH is 1. The first-order valence-corrected chi connectivity index (χ1v) is 24.3. The number of aromatic nitrogens is 3. The summed E-state index contributed by atoms with van der Waals surface area (Å²) in [6, 6.07) is 7.46. The number of anilines is 2. The molecule has 4 amide bonds. The van der Waals surface area contributed by atoms with Crippen LogP contribution in [0.3, 0.4) is 0 Å². The van der Waals surface area contributed by atoms with Crippen LogP contribution in [-0.4, -0.2) is 92.1 Å². The van der Waals surface area contributed by atoms with Gasteiger partial charge in [0.05, 0.1) is 42.4 Å². The first-order chi connectivity index (χ1) is 33.8. The molecular weight excluding hydrogens is 925 g/mol. The van der Waals surface area contributed by atoms with E-state index in [1.165, 1.54) is 54.6 Å². The summed E-state index contributed by atoms with van der Waals surface area (Å²) in [7, 11) is 0. The Morgan fingerprint density at radius 1 is 0.542 bits per heavy atom. The van der Waals surface area contributed by atoms with Crippen molar-refractivity contribution < 1.29 is 33.9 Å². The first kappa shape index (κ1) is 52.9. The number of hydrogen-bond donors (Lipinski definition) is 1. The van der Waals surface area contributed by atoms with Crippen LogP contribution in [0.2, 0.25) is 0 Å². The van der Waals surface area contributed by atoms with Gasteiger partial charge in [0.15, 0.2) is 0 Å². The molecule has 2 heterocycles. The predicted molar refractivity (Wildman–Crippen MR) is 266 cm³/mol. The molecule has 1 aromatic heterocycles. The Hall–Kier alpha value is -6.93. The summed E-state index contributed by atoms with van der Waals surface area (Å²) in [6.07, 6.45) is 8.24. The molecule has 0 spiro atoms. The zero-order valence-corrected chi connectivity index (χ0v) is 42.5. The highest BCUT2D eigenvalue weighted by Crippen LogP contribution is 2.53. The largest absolute Gasteiger partial charge is 0.356 e. The molecular formula is C52H64N10O10. The van der Waals surface area contributed by atoms with Crippen molar-refractivity contribution >= 4 is 53.4 Å². The lowest BCUT2D eigenvalue weighted by atomic mass is 9.62. The third-order valence-corrected chi connectivity index (χ3v) is 16.1. The summed E-state index contributed by atoms with van der Waals surface area (Å²) in [5, 5.41) is 12.4. The van der Waals surface area contributed by atoms with E-state index in [2.05, 4.69) is 20.0 Å². The second-order valence-electron chi connectivity index (χ2n) is 23.7. The SMILES string of the molecule is CC1(C)CC(n2c(=O)n(-c3cccc(N4C(=O)N(C5CC(C)(CN=C=O)CCC5(C)C)C(=O)N(c5cccc(N=C=O)c5)C4O)c3)c(=O)n(C3CC(C)(CN=C=O)CCC3(C)C)c2=O)CC(C)(CN=C=O)C1. The van der Waals surface area contributed by atoms with E-state index in [0.717, 1.165) is 28.4 Å². The summed E-state index contributed by atoms with van der Waals surface area (Å²) in [5.74, 6) is 0. The van der Waals surface area contributed by atoms with Gasteiger partial charge in [-0.1, -0.05) is 74.4 Å². The smallest absolute Gasteiger partial charge is 0.341 e. The Morgan fingerprint density at radius 3 is 1.58 bits per heavy atom. The van der Waals surface area contributed by atoms with Crippen molar-refractivity contribution in [2.24, 2.45) is 52.5 Å². The molecule has 1 saturated heterocycles. The van der Waals surface area contributed by atoms with Crippen LogP contribution in [0.15, 0.2) is 82.9 Å². The van der Waals surface area contributed by atoms with Crippen molar-refractivity contribution in [3.8, 4) is 5.69 Å². The van der Waals surface area contributed by atoms with Crippen LogP contribution in [0.1, 0.15) is 132 Å². The Kier molecular flexibility index (Phi) is 14.4. The van der Waals surface area contributed by atoms with Gasteiger partial charge in [-0.15, -0.1) is 0 Å². The van der Waals surface area contributed by atoms with E-state index in [-0.39, 0.29) is 61.6 Å². The molecule has 382 valence electrons. The molecule has 4 fully saturated rings. The van der Waals surface area contributed by atoms with Crippen molar-refractivity contribution in [3.63, 3.8) is 0 Å². The van der Waals surface area contributed by atoms with Crippen molar-refractivity contribution in [2.75, 3.05) is 29.4 Å². The number of isocyanates is 4. The zero-order chi connectivity index (χ0) is 52.8. The third kappa shape index (κ3) is 10.1. The summed E-state index contributed by atoms with van der Waals surface area (Å²) in [6.45, 7) is 17.8. The molecule has 4 aliphatic rings. The van der Waals surface area contributed by atoms with E-state index in [4.69, 9.17) is 0 Å². The minimum absolute atomic E-state index is 0.0394. The van der Waals surface area contributed by atoms with Crippen LogP contribution in [0.25, 0.3) is 5.69 Å². The maximum atomic E-state index is 15.4. The van der Waals surface area contributed by atoms with Crippen LogP contribution >= 0.6 is 0 Å². The molecule has 3 aliphatic carbocycles. The maximum absolute atomic E-state index is 15.4. The lowest BCUT2D eigenvalue weighted by Crippen LogP contribution is -2.71. The normalized spacial score (nSPS) is 28.7. The summed E-state index contributed by atoms with van der Waals surface area (Å²) in [5.41, 5.74) is -6.42. The molecule has 20 heteroatoms. The third-order valence-electron chi connectivity index (χ3n) is 16.1. The Bertz CT molecular complexity index is 3040. The van der Waals surface area contributed by atoms with Gasteiger partial charge < -0.3 is 5.11 Å². The monoisotopic (exact) mass is 988 g/mol. The summed E-state index contributed by atoms with van der Waals surface area (Å²) in [4.78, 5) is 140. The lowest BCUT2D eigenvalue weighted by Gasteiger charge is -2.54. The molecule has 1 aliphatic heterocycles. The molecule has 7 atom stereocenters. The molecule has 20 nitrogen and oxygen atoms in total. The number of imide groups is 1. The fourth-order valence-electron chi connectivity index (χ4n) is 12.3. The molecule has 3 aromatic rings. The van der Waals surface area contributed by atoms with Crippen molar-refractivity contribution in [3.05, 3.63) is 80.0 Å². The highest BCUT2D eigenvalue weighted by Gasteiger charge is 2.55. The van der Waals surface area contributed by atoms with Crippen molar-refractivity contribution in [2.45, 2.75) is 145 Å². The van der Waals surface area contributed by atoms with E-state index in [0.29, 0.717) is 38.5 Å². The number of amides is 4. The molecule has 7 unspecified atom stereocenters. The van der Waals surface area contributed by atoms with Crippen LogP contribution in [0.4, 0.5) is 26.7 Å². The average molecular weight is 989 g/mol. The van der Waals surface area contributed by atoms with Crippen LogP contribution < -0.4 is 26.9 Å². The van der Waals surface area contributed by atoms with Gasteiger partial charge in [-0.05, 0) is 127 Å². The maximum Gasteiger partial charge on any atom is 0.341 e. The summed E-state index contributed by atoms with van der Waals surface area (Å²) >= 11 is 0. The van der Waals surface area contributed by atoms with Gasteiger partial charge in [0.25, 0.3) is 0 Å². The quantitative estimate of drug-likeness (QED) is 0.131. The standard InChI is InChI=1S/C52H64N10O10/c1-47(2)22-38(23-52(9,26-47)29-55-32-65)60-42(68)59(45(71)62(46(60)72)40-25-51(8,28-54-31-64)19-17-49(40,5)6)37-15-11-14-36(21-37)58-41(67)57(35-13-10-12-34(20-35)56-33-66)43(69)61(44(58)70)39-24-50(7,27-53-30-63)18-16-48(39,3)4/h10-15,20-21,38-41,67H,16-19,22-29H2,1-9H3. The molecule has 0 radical (unpaired) electrons. The van der Waals surface area contributed by atoms with E-state index in [1.807, 2.05) is 62.3 Å². The second kappa shape index (κ2) is 19.6. The minimum atomic E-state index is -2.04. The number of aliphatic hydroxyl groups is 1. The molecule has 72 heavy (non-hydrogen) atoms. The van der Waals surface area contributed by atoms with Gasteiger partial charge in [0.1, 0.15) is 0 Å². The minimum Gasteiger partial charge on any atom is -0.356 e. The van der Waals surface area contributed by atoms with Crippen LogP contribution in [0.5, 0.6) is 0 Å². The van der Waals surface area contributed by atoms with Crippen molar-refractivity contribution in [1.82, 2.24) is 18.6 Å². The number of carbonyl (C=O) groups is 2. The van der Waals surface area contributed by atoms with E-state index in [1.54, 1.807) is 18.2 Å². The number of carbonyl (C=O) groups excluding carboxylic acids is 6. The summed E-state index contributed by atoms with van der Waals surface area (Å²) < 4.78 is 3.15. The number of rotatable bonds is 13. The fraction of sp³-hybridized carbons (Fsp3) is 0.596. The molecule has 1 N–H and O–H groups in total. The van der Waals surface area contributed by atoms with E-state index < -0.39 is 86.1 Å². The molecule has 3 saturated carbocycles. The van der Waals surface area contributed by atoms with E-state index >= 15 is 19.2 Å². The highest BCUT2D eigenvalue weighted by molar-refractivity contribution is 6.12. The number of nitrogens with zero attached hydrogens (tertiary/aromatic N) is 10. The van der Waals surface area contributed by atoms with Gasteiger partial charge in [-0.2, -0.15) is 4.99 Å².